The number of carbonyl (C=O) groups is 2. The zero-order valence-corrected chi connectivity index (χ0v) is 16.4. The van der Waals surface area contributed by atoms with Crippen molar-refractivity contribution < 1.29 is 14.8 Å². The van der Waals surface area contributed by atoms with E-state index in [-0.39, 0.29) is 24.4 Å². The molecule has 0 saturated carbocycles. The van der Waals surface area contributed by atoms with Crippen LogP contribution in [0.5, 0.6) is 0 Å². The third-order valence-corrected chi connectivity index (χ3v) is 4.52. The van der Waals surface area contributed by atoms with E-state index in [2.05, 4.69) is 10.3 Å². The van der Waals surface area contributed by atoms with Gasteiger partial charge in [0.25, 0.3) is 11.8 Å². The summed E-state index contributed by atoms with van der Waals surface area (Å²) in [5.74, 6) is -0.0940. The van der Waals surface area contributed by atoms with E-state index in [1.165, 1.54) is 17.6 Å². The summed E-state index contributed by atoms with van der Waals surface area (Å²) in [6, 6.07) is 10.9. The maximum absolute atomic E-state index is 12.5. The fourth-order valence-corrected chi connectivity index (χ4v) is 3.11. The van der Waals surface area contributed by atoms with Crippen molar-refractivity contribution >= 4 is 47.7 Å². The molecule has 148 valence electrons. The molecule has 2 amide bonds. The van der Waals surface area contributed by atoms with E-state index in [9.17, 15) is 9.59 Å². The molecule has 0 radical (unpaired) electrons. The molecular formula is C19H20Cl2N4O3. The van der Waals surface area contributed by atoms with Gasteiger partial charge < -0.3 is 10.2 Å². The number of hydroxylamine groups is 1. The van der Waals surface area contributed by atoms with Crippen LogP contribution in [0.2, 0.25) is 5.02 Å². The minimum absolute atomic E-state index is 0. The summed E-state index contributed by atoms with van der Waals surface area (Å²) in [4.78, 5) is 29.6. The second-order valence-electron chi connectivity index (χ2n) is 6.16. The summed E-state index contributed by atoms with van der Waals surface area (Å²) < 4.78 is 0. The van der Waals surface area contributed by atoms with Gasteiger partial charge in [0.15, 0.2) is 0 Å². The number of aromatic nitrogens is 1. The highest BCUT2D eigenvalue weighted by atomic mass is 35.5. The number of nitrogens with one attached hydrogen (secondary N) is 2. The van der Waals surface area contributed by atoms with Crippen molar-refractivity contribution in [1.29, 1.82) is 0 Å². The van der Waals surface area contributed by atoms with E-state index in [1.54, 1.807) is 12.3 Å². The summed E-state index contributed by atoms with van der Waals surface area (Å²) >= 11 is 6.26. The highest BCUT2D eigenvalue weighted by molar-refractivity contribution is 6.33. The average Bonchev–Trinajstić information content (AvgIpc) is 3.16. The fraction of sp³-hybridized carbons (Fsp3) is 0.211. The Balaban J connectivity index is 0.00000280. The number of halogens is 2. The van der Waals surface area contributed by atoms with Crippen LogP contribution in [0.1, 0.15) is 22.3 Å². The van der Waals surface area contributed by atoms with Crippen molar-refractivity contribution in [3.8, 4) is 0 Å². The molecule has 1 aromatic carbocycles. The minimum atomic E-state index is -0.637. The molecule has 1 atom stereocenters. The van der Waals surface area contributed by atoms with E-state index in [4.69, 9.17) is 16.8 Å². The van der Waals surface area contributed by atoms with Crippen LogP contribution >= 0.6 is 24.0 Å². The van der Waals surface area contributed by atoms with Crippen LogP contribution in [-0.4, -0.2) is 46.0 Å². The van der Waals surface area contributed by atoms with E-state index in [0.717, 1.165) is 6.42 Å². The Kier molecular flexibility index (Phi) is 7.80. The van der Waals surface area contributed by atoms with Crippen molar-refractivity contribution in [2.24, 2.45) is 0 Å². The van der Waals surface area contributed by atoms with Crippen LogP contribution in [0, 0.1) is 0 Å². The number of likely N-dealkylation sites (tertiary alicyclic amines) is 1. The molecule has 2 aromatic rings. The van der Waals surface area contributed by atoms with Gasteiger partial charge in [0.2, 0.25) is 0 Å². The van der Waals surface area contributed by atoms with E-state index in [1.807, 2.05) is 35.2 Å². The van der Waals surface area contributed by atoms with E-state index < -0.39 is 5.91 Å². The van der Waals surface area contributed by atoms with Crippen LogP contribution in [0.25, 0.3) is 6.08 Å². The molecular weight excluding hydrogens is 403 g/mol. The highest BCUT2D eigenvalue weighted by Crippen LogP contribution is 2.24. The van der Waals surface area contributed by atoms with Crippen molar-refractivity contribution in [2.75, 3.05) is 18.4 Å². The van der Waals surface area contributed by atoms with Gasteiger partial charge in [0.1, 0.15) is 5.82 Å². The predicted octanol–water partition coefficient (Wildman–Crippen LogP) is 3.00. The number of nitrogens with zero attached hydrogens (tertiary/aromatic N) is 2. The minimum Gasteiger partial charge on any atom is -0.364 e. The molecule has 1 aromatic heterocycles. The van der Waals surface area contributed by atoms with Gasteiger partial charge in [-0.15, -0.1) is 12.4 Å². The van der Waals surface area contributed by atoms with Crippen LogP contribution in [-0.2, 0) is 4.79 Å². The summed E-state index contributed by atoms with van der Waals surface area (Å²) in [6.45, 7) is 1.24. The van der Waals surface area contributed by atoms with Crippen LogP contribution in [0.4, 0.5) is 5.82 Å². The lowest BCUT2D eigenvalue weighted by molar-refractivity contribution is -0.124. The maximum Gasteiger partial charge on any atom is 0.267 e. The topological polar surface area (TPSA) is 94.6 Å². The molecule has 0 spiro atoms. The van der Waals surface area contributed by atoms with Gasteiger partial charge in [-0.1, -0.05) is 29.8 Å². The SMILES string of the molecule is Cl.O=C(C=Cc1cnc(N[C@@H]2CCN(C(=O)c3ccccc3)C2)c(Cl)c1)NO. The zero-order chi connectivity index (χ0) is 19.2. The Morgan fingerprint density at radius 1 is 1.29 bits per heavy atom. The zero-order valence-electron chi connectivity index (χ0n) is 14.8. The maximum atomic E-state index is 12.5. The van der Waals surface area contributed by atoms with Crippen molar-refractivity contribution in [1.82, 2.24) is 15.4 Å². The molecule has 0 aliphatic carbocycles. The Labute approximate surface area is 173 Å². The second-order valence-corrected chi connectivity index (χ2v) is 6.56. The molecule has 0 unspecified atom stereocenters. The van der Waals surface area contributed by atoms with E-state index >= 15 is 0 Å². The standard InChI is InChI=1S/C19H19ClN4O3.ClH/c20-16-10-13(6-7-17(25)23-27)11-21-18(16)22-15-8-9-24(12-15)19(26)14-4-2-1-3-5-14;/h1-7,10-11,15,27H,8-9,12H2,(H,21,22)(H,23,25);1H/t15-;/m1./s1. The molecule has 1 saturated heterocycles. The summed E-state index contributed by atoms with van der Waals surface area (Å²) in [7, 11) is 0. The number of pyridine rings is 1. The number of anilines is 1. The first kappa shape index (κ1) is 21.7. The fourth-order valence-electron chi connectivity index (χ4n) is 2.88. The number of hydrogen-bond acceptors (Lipinski definition) is 5. The summed E-state index contributed by atoms with van der Waals surface area (Å²) in [6.07, 6.45) is 5.03. The van der Waals surface area contributed by atoms with Gasteiger partial charge in [-0.25, -0.2) is 10.5 Å². The summed E-state index contributed by atoms with van der Waals surface area (Å²) in [5.41, 5.74) is 2.82. The first-order valence-electron chi connectivity index (χ1n) is 8.45. The van der Waals surface area contributed by atoms with Crippen LogP contribution < -0.4 is 10.8 Å². The molecule has 1 fully saturated rings. The van der Waals surface area contributed by atoms with Crippen LogP contribution in [0.3, 0.4) is 0 Å². The van der Waals surface area contributed by atoms with Crippen molar-refractivity contribution in [3.05, 3.63) is 64.8 Å². The monoisotopic (exact) mass is 422 g/mol. The molecule has 3 N–H and O–H groups in total. The molecule has 1 aliphatic heterocycles. The molecule has 28 heavy (non-hydrogen) atoms. The number of benzene rings is 1. The number of rotatable bonds is 5. The lowest BCUT2D eigenvalue weighted by atomic mass is 10.2. The normalized spacial score (nSPS) is 15.9. The van der Waals surface area contributed by atoms with Gasteiger partial charge in [0.05, 0.1) is 5.02 Å². The van der Waals surface area contributed by atoms with Gasteiger partial charge in [-0.05, 0) is 36.3 Å². The van der Waals surface area contributed by atoms with Gasteiger partial charge in [-0.2, -0.15) is 0 Å². The molecule has 1 aliphatic rings. The summed E-state index contributed by atoms with van der Waals surface area (Å²) in [5, 5.41) is 12.2. The quantitative estimate of drug-likeness (QED) is 0.391. The smallest absolute Gasteiger partial charge is 0.267 e. The number of carbonyl (C=O) groups excluding carboxylic acids is 2. The average molecular weight is 423 g/mol. The molecule has 2 heterocycles. The Hall–Kier alpha value is -2.61. The van der Waals surface area contributed by atoms with Gasteiger partial charge in [0, 0.05) is 37.0 Å². The second kappa shape index (κ2) is 10.1. The number of amides is 2. The van der Waals surface area contributed by atoms with Crippen LogP contribution in [0.15, 0.2) is 48.7 Å². The van der Waals surface area contributed by atoms with Gasteiger partial charge >= 0.3 is 0 Å². The Bertz CT molecular complexity index is 862. The third kappa shape index (κ3) is 5.45. The van der Waals surface area contributed by atoms with Gasteiger partial charge in [-0.3, -0.25) is 14.8 Å². The highest BCUT2D eigenvalue weighted by Gasteiger charge is 2.27. The largest absolute Gasteiger partial charge is 0.364 e. The first-order chi connectivity index (χ1) is 13.1. The van der Waals surface area contributed by atoms with Crippen molar-refractivity contribution in [2.45, 2.75) is 12.5 Å². The van der Waals surface area contributed by atoms with E-state index in [0.29, 0.717) is 35.1 Å². The lowest BCUT2D eigenvalue weighted by Crippen LogP contribution is -2.31. The third-order valence-electron chi connectivity index (χ3n) is 4.24. The Morgan fingerprint density at radius 3 is 2.71 bits per heavy atom. The molecule has 0 bridgehead atoms. The first-order valence-corrected chi connectivity index (χ1v) is 8.83. The Morgan fingerprint density at radius 2 is 2.04 bits per heavy atom. The molecule has 7 nitrogen and oxygen atoms in total. The predicted molar refractivity (Wildman–Crippen MR) is 110 cm³/mol. The number of hydrogen-bond donors (Lipinski definition) is 3. The molecule has 3 rings (SSSR count). The lowest BCUT2D eigenvalue weighted by Gasteiger charge is -2.18. The van der Waals surface area contributed by atoms with Crippen molar-refractivity contribution in [3.63, 3.8) is 0 Å². The molecule has 9 heteroatoms.